The second-order valence-corrected chi connectivity index (χ2v) is 10.1. The van der Waals surface area contributed by atoms with Gasteiger partial charge in [-0.1, -0.05) is 68.0 Å². The van der Waals surface area contributed by atoms with Gasteiger partial charge in [0.2, 0.25) is 0 Å². The summed E-state index contributed by atoms with van der Waals surface area (Å²) in [6, 6.07) is 11.6. The Hall–Kier alpha value is -2.07. The van der Waals surface area contributed by atoms with Crippen molar-refractivity contribution in [2.24, 2.45) is 17.8 Å². The quantitative estimate of drug-likeness (QED) is 0.207. The third-order valence-electron chi connectivity index (χ3n) is 7.75. The zero-order valence-corrected chi connectivity index (χ0v) is 20.2. The van der Waals surface area contributed by atoms with Crippen molar-refractivity contribution in [3.05, 3.63) is 71.8 Å². The van der Waals surface area contributed by atoms with Crippen LogP contribution in [-0.4, -0.2) is 0 Å². The number of hydrogen-bond donors (Lipinski definition) is 0. The highest BCUT2D eigenvalue weighted by Gasteiger charge is 2.22. The molecule has 2 aliphatic rings. The summed E-state index contributed by atoms with van der Waals surface area (Å²) in [5.74, 6) is 3.29. The summed E-state index contributed by atoms with van der Waals surface area (Å²) in [6.45, 7) is 2.27. The molecule has 2 aliphatic carbocycles. The fourth-order valence-electron chi connectivity index (χ4n) is 5.57. The van der Waals surface area contributed by atoms with Crippen LogP contribution < -0.4 is 0 Å². The van der Waals surface area contributed by atoms with E-state index in [4.69, 9.17) is 5.26 Å². The van der Waals surface area contributed by atoms with E-state index in [0.717, 1.165) is 30.1 Å². The molecule has 0 radical (unpaired) electrons. The molecule has 0 heterocycles. The van der Waals surface area contributed by atoms with Crippen LogP contribution in [0.4, 0.5) is 0 Å². The fourth-order valence-corrected chi connectivity index (χ4v) is 5.57. The van der Waals surface area contributed by atoms with Gasteiger partial charge in [0, 0.05) is 6.08 Å². The Morgan fingerprint density at radius 2 is 1.53 bits per heavy atom. The molecule has 0 bridgehead atoms. The summed E-state index contributed by atoms with van der Waals surface area (Å²) in [4.78, 5) is 0. The van der Waals surface area contributed by atoms with E-state index in [2.05, 4.69) is 49.4 Å². The minimum Gasteiger partial charge on any atom is -0.193 e. The third-order valence-corrected chi connectivity index (χ3v) is 7.75. The van der Waals surface area contributed by atoms with Gasteiger partial charge in [0.1, 0.15) is 0 Å². The molecule has 32 heavy (non-hydrogen) atoms. The minimum atomic E-state index is 0.778. The summed E-state index contributed by atoms with van der Waals surface area (Å²) in [6.07, 6.45) is 30.0. The van der Waals surface area contributed by atoms with Crippen LogP contribution in [-0.2, 0) is 6.42 Å². The highest BCUT2D eigenvalue weighted by atomic mass is 14.3. The average Bonchev–Trinajstić information content (AvgIpc) is 2.85. The molecule has 2 saturated carbocycles. The van der Waals surface area contributed by atoms with E-state index in [9.17, 15) is 0 Å². The molecular weight excluding hydrogens is 386 g/mol. The van der Waals surface area contributed by atoms with Crippen LogP contribution in [0.15, 0.2) is 60.7 Å². The van der Waals surface area contributed by atoms with Crippen LogP contribution in [0, 0.1) is 29.1 Å². The molecule has 0 unspecified atom stereocenters. The van der Waals surface area contributed by atoms with E-state index in [-0.39, 0.29) is 0 Å². The van der Waals surface area contributed by atoms with Crippen LogP contribution in [0.2, 0.25) is 0 Å². The highest BCUT2D eigenvalue weighted by molar-refractivity contribution is 5.26. The minimum absolute atomic E-state index is 0.778. The van der Waals surface area contributed by atoms with Crippen LogP contribution >= 0.6 is 0 Å². The molecule has 2 fully saturated rings. The van der Waals surface area contributed by atoms with Gasteiger partial charge in [-0.05, 0) is 112 Å². The van der Waals surface area contributed by atoms with Gasteiger partial charge in [-0.15, -0.1) is 0 Å². The normalized spacial score (nSPS) is 26.8. The molecular formula is C31H43N. The van der Waals surface area contributed by atoms with Crippen LogP contribution in [0.1, 0.15) is 101 Å². The van der Waals surface area contributed by atoms with Crippen LogP contribution in [0.5, 0.6) is 0 Å². The number of hydrogen-bond acceptors (Lipinski definition) is 1. The fraction of sp³-hybridized carbons (Fsp3) is 0.581. The Balaban J connectivity index is 1.32. The van der Waals surface area contributed by atoms with Gasteiger partial charge in [-0.3, -0.25) is 0 Å². The van der Waals surface area contributed by atoms with E-state index in [1.54, 1.807) is 5.56 Å². The molecule has 1 aromatic rings. The summed E-state index contributed by atoms with van der Waals surface area (Å²) in [5.41, 5.74) is 3.08. The zero-order chi connectivity index (χ0) is 22.4. The lowest BCUT2D eigenvalue weighted by Gasteiger charge is -2.29. The zero-order valence-electron chi connectivity index (χ0n) is 20.2. The molecule has 0 amide bonds. The molecule has 1 heteroatoms. The van der Waals surface area contributed by atoms with Gasteiger partial charge in [0.25, 0.3) is 0 Å². The molecule has 1 nitrogen and oxygen atoms in total. The number of nitriles is 1. The Kier molecular flexibility index (Phi) is 10.9. The Morgan fingerprint density at radius 1 is 0.875 bits per heavy atom. The first-order valence-corrected chi connectivity index (χ1v) is 13.3. The molecule has 3 rings (SSSR count). The van der Waals surface area contributed by atoms with Crippen molar-refractivity contribution in [3.63, 3.8) is 0 Å². The first-order chi connectivity index (χ1) is 15.8. The molecule has 0 spiro atoms. The molecule has 0 aliphatic heterocycles. The van der Waals surface area contributed by atoms with E-state index in [1.165, 1.54) is 88.7 Å². The van der Waals surface area contributed by atoms with E-state index in [1.807, 2.05) is 18.2 Å². The maximum atomic E-state index is 8.49. The van der Waals surface area contributed by atoms with Crippen molar-refractivity contribution < 1.29 is 0 Å². The van der Waals surface area contributed by atoms with Crippen molar-refractivity contribution in [3.8, 4) is 6.07 Å². The van der Waals surface area contributed by atoms with Gasteiger partial charge in [0.15, 0.2) is 0 Å². The monoisotopic (exact) mass is 429 g/mol. The lowest BCUT2D eigenvalue weighted by molar-refractivity contribution is 0.295. The summed E-state index contributed by atoms with van der Waals surface area (Å²) in [7, 11) is 0. The summed E-state index contributed by atoms with van der Waals surface area (Å²) < 4.78 is 0. The Morgan fingerprint density at radius 3 is 2.16 bits per heavy atom. The lowest BCUT2D eigenvalue weighted by atomic mass is 9.76. The first kappa shape index (κ1) is 24.6. The number of nitrogens with zero attached hydrogens (tertiary/aromatic N) is 1. The van der Waals surface area contributed by atoms with Crippen molar-refractivity contribution in [2.75, 3.05) is 0 Å². The number of unbranched alkanes of at least 4 members (excludes halogenated alkanes) is 1. The Bertz CT molecular complexity index is 760. The van der Waals surface area contributed by atoms with Crippen LogP contribution in [0.25, 0.3) is 0 Å². The standard InChI is InChI=1S/C31H43N/c1-2-3-9-26-17-21-30(22-18-26)31-23-19-29(20-24-31)16-15-28-13-11-27(12-14-28)10-7-5-4-6-8-25-32/h4-6,8,15-18,21-22,27-29,31H,2-3,7,9-14,19-20,23-24H2,1H3/b5-4?,8-6?,16-15+. The molecule has 0 aromatic heterocycles. The molecule has 172 valence electrons. The number of allylic oxidation sites excluding steroid dienone is 6. The van der Waals surface area contributed by atoms with Crippen molar-refractivity contribution in [2.45, 2.75) is 96.3 Å². The second-order valence-electron chi connectivity index (χ2n) is 10.1. The smallest absolute Gasteiger partial charge is 0.0912 e. The highest BCUT2D eigenvalue weighted by Crippen LogP contribution is 2.38. The molecule has 0 N–H and O–H groups in total. The number of aryl methyl sites for hydroxylation is 1. The van der Waals surface area contributed by atoms with Crippen molar-refractivity contribution >= 4 is 0 Å². The van der Waals surface area contributed by atoms with E-state index in [0.29, 0.717) is 0 Å². The molecule has 0 saturated heterocycles. The summed E-state index contributed by atoms with van der Waals surface area (Å²) in [5, 5.41) is 8.49. The average molecular weight is 430 g/mol. The Labute approximate surface area is 197 Å². The second kappa shape index (κ2) is 14.2. The van der Waals surface area contributed by atoms with Crippen molar-refractivity contribution in [1.82, 2.24) is 0 Å². The number of benzene rings is 1. The first-order valence-electron chi connectivity index (χ1n) is 13.3. The maximum absolute atomic E-state index is 8.49. The SMILES string of the molecule is CCCCc1ccc(C2CCC(/C=C/C3CCC(CCC=CC=CC#N)CC3)CC2)cc1. The molecule has 0 atom stereocenters. The largest absolute Gasteiger partial charge is 0.193 e. The van der Waals surface area contributed by atoms with Crippen molar-refractivity contribution in [1.29, 1.82) is 5.26 Å². The predicted octanol–water partition coefficient (Wildman–Crippen LogP) is 9.08. The van der Waals surface area contributed by atoms with Crippen LogP contribution in [0.3, 0.4) is 0 Å². The van der Waals surface area contributed by atoms with Gasteiger partial charge in [-0.25, -0.2) is 0 Å². The lowest BCUT2D eigenvalue weighted by Crippen LogP contribution is -2.14. The molecule has 1 aromatic carbocycles. The van der Waals surface area contributed by atoms with Gasteiger partial charge < -0.3 is 0 Å². The topological polar surface area (TPSA) is 23.8 Å². The van der Waals surface area contributed by atoms with Gasteiger partial charge >= 0.3 is 0 Å². The third kappa shape index (κ3) is 8.46. The van der Waals surface area contributed by atoms with Gasteiger partial charge in [-0.2, -0.15) is 5.26 Å². The predicted molar refractivity (Wildman–Crippen MR) is 137 cm³/mol. The maximum Gasteiger partial charge on any atom is 0.0912 e. The number of rotatable bonds is 10. The van der Waals surface area contributed by atoms with Gasteiger partial charge in [0.05, 0.1) is 6.07 Å². The van der Waals surface area contributed by atoms with E-state index < -0.39 is 0 Å². The summed E-state index contributed by atoms with van der Waals surface area (Å²) >= 11 is 0. The van der Waals surface area contributed by atoms with E-state index >= 15 is 0 Å².